The van der Waals surface area contributed by atoms with Crippen LogP contribution in [0, 0.1) is 5.92 Å². The molecular formula is C20H38N4OS. The number of aliphatic imine (C=N–C) groups is 1. The van der Waals surface area contributed by atoms with Gasteiger partial charge in [-0.05, 0) is 61.2 Å². The minimum absolute atomic E-state index is 0.242. The summed E-state index contributed by atoms with van der Waals surface area (Å²) in [6.07, 6.45) is 3.07. The first-order valence-corrected chi connectivity index (χ1v) is 11.0. The van der Waals surface area contributed by atoms with Gasteiger partial charge >= 0.3 is 0 Å². The number of thiophene rings is 1. The molecule has 3 N–H and O–H groups in total. The van der Waals surface area contributed by atoms with Crippen molar-refractivity contribution in [1.29, 1.82) is 0 Å². The predicted molar refractivity (Wildman–Crippen MR) is 114 cm³/mol. The lowest BCUT2D eigenvalue weighted by atomic mass is 10.0. The van der Waals surface area contributed by atoms with E-state index in [0.29, 0.717) is 12.0 Å². The van der Waals surface area contributed by atoms with Crippen molar-refractivity contribution in [3.63, 3.8) is 0 Å². The highest BCUT2D eigenvalue weighted by Gasteiger charge is 2.18. The third-order valence-corrected chi connectivity index (χ3v) is 5.43. The topological polar surface area (TPSA) is 59.9 Å². The number of aliphatic hydroxyl groups excluding tert-OH is 1. The molecule has 0 radical (unpaired) electrons. The minimum atomic E-state index is 0.242. The molecule has 26 heavy (non-hydrogen) atoms. The van der Waals surface area contributed by atoms with Gasteiger partial charge in [-0.1, -0.05) is 27.2 Å². The molecule has 1 heterocycles. The Morgan fingerprint density at radius 1 is 1.19 bits per heavy atom. The standard InChI is InChI=1S/C20H38N4OS/c1-5-9-17(10-12-25)14-22-20(21-6-2)23-15-19(24(7-3)8-4)18-11-13-26-16-18/h11,13,16-17,19,25H,5-10,12,14-15H2,1-4H3,(H2,21,22,23). The Labute approximate surface area is 163 Å². The number of nitrogens with one attached hydrogen (secondary N) is 2. The largest absolute Gasteiger partial charge is 0.396 e. The molecule has 0 saturated heterocycles. The van der Waals surface area contributed by atoms with Crippen LogP contribution in [0.3, 0.4) is 0 Å². The number of guanidine groups is 1. The molecule has 0 fully saturated rings. The van der Waals surface area contributed by atoms with E-state index in [1.807, 2.05) is 0 Å². The quantitative estimate of drug-likeness (QED) is 0.361. The first-order chi connectivity index (χ1) is 12.7. The third kappa shape index (κ3) is 8.06. The third-order valence-electron chi connectivity index (χ3n) is 4.73. The van der Waals surface area contributed by atoms with Gasteiger partial charge in [0.1, 0.15) is 0 Å². The van der Waals surface area contributed by atoms with Crippen molar-refractivity contribution >= 4 is 17.3 Å². The van der Waals surface area contributed by atoms with Gasteiger partial charge in [0.2, 0.25) is 0 Å². The molecule has 0 saturated carbocycles. The van der Waals surface area contributed by atoms with Gasteiger partial charge in [-0.25, -0.2) is 0 Å². The first-order valence-electron chi connectivity index (χ1n) is 10.1. The molecule has 1 rings (SSSR count). The van der Waals surface area contributed by atoms with Crippen LogP contribution >= 0.6 is 11.3 Å². The predicted octanol–water partition coefficient (Wildman–Crippen LogP) is 3.48. The zero-order valence-electron chi connectivity index (χ0n) is 17.0. The van der Waals surface area contributed by atoms with Crippen molar-refractivity contribution in [3.05, 3.63) is 22.4 Å². The van der Waals surface area contributed by atoms with Gasteiger partial charge in [0.15, 0.2) is 5.96 Å². The Morgan fingerprint density at radius 3 is 2.50 bits per heavy atom. The summed E-state index contributed by atoms with van der Waals surface area (Å²) in [5.74, 6) is 1.33. The summed E-state index contributed by atoms with van der Waals surface area (Å²) in [6.45, 7) is 13.5. The smallest absolute Gasteiger partial charge is 0.191 e. The van der Waals surface area contributed by atoms with Gasteiger partial charge in [0, 0.05) is 26.2 Å². The van der Waals surface area contributed by atoms with Crippen LogP contribution in [-0.2, 0) is 0 Å². The summed E-state index contributed by atoms with van der Waals surface area (Å²) in [5.41, 5.74) is 1.37. The van der Waals surface area contributed by atoms with Crippen LogP contribution in [0.1, 0.15) is 58.6 Å². The lowest BCUT2D eigenvalue weighted by Crippen LogP contribution is -2.43. The number of hydrogen-bond donors (Lipinski definition) is 3. The van der Waals surface area contributed by atoms with Gasteiger partial charge < -0.3 is 15.7 Å². The van der Waals surface area contributed by atoms with Crippen LogP contribution in [0.15, 0.2) is 21.8 Å². The Morgan fingerprint density at radius 2 is 1.96 bits per heavy atom. The highest BCUT2D eigenvalue weighted by molar-refractivity contribution is 7.07. The summed E-state index contributed by atoms with van der Waals surface area (Å²) in [6, 6.07) is 2.57. The lowest BCUT2D eigenvalue weighted by Gasteiger charge is -2.30. The fourth-order valence-electron chi connectivity index (χ4n) is 3.26. The molecule has 0 aliphatic heterocycles. The lowest BCUT2D eigenvalue weighted by molar-refractivity contribution is 0.219. The molecule has 0 spiro atoms. The van der Waals surface area contributed by atoms with Gasteiger partial charge in [-0.2, -0.15) is 11.3 Å². The van der Waals surface area contributed by atoms with Crippen molar-refractivity contribution < 1.29 is 5.11 Å². The highest BCUT2D eigenvalue weighted by atomic mass is 32.1. The monoisotopic (exact) mass is 382 g/mol. The van der Waals surface area contributed by atoms with Crippen molar-refractivity contribution in [2.75, 3.05) is 39.3 Å². The van der Waals surface area contributed by atoms with E-state index in [4.69, 9.17) is 4.99 Å². The normalized spacial score (nSPS) is 14.5. The maximum absolute atomic E-state index is 9.24. The molecule has 5 nitrogen and oxygen atoms in total. The van der Waals surface area contributed by atoms with Crippen molar-refractivity contribution in [2.45, 2.75) is 53.0 Å². The second-order valence-corrected chi connectivity index (χ2v) is 7.34. The Balaban J connectivity index is 2.75. The Bertz CT molecular complexity index is 468. The van der Waals surface area contributed by atoms with Gasteiger partial charge in [0.05, 0.1) is 6.04 Å². The molecule has 6 heteroatoms. The fourth-order valence-corrected chi connectivity index (χ4v) is 3.97. The van der Waals surface area contributed by atoms with Crippen LogP contribution in [0.5, 0.6) is 0 Å². The molecule has 0 bridgehead atoms. The summed E-state index contributed by atoms with van der Waals surface area (Å²) in [7, 11) is 0. The van der Waals surface area contributed by atoms with E-state index in [1.165, 1.54) is 5.56 Å². The Kier molecular flexibility index (Phi) is 12.4. The van der Waals surface area contributed by atoms with Gasteiger partial charge in [0.25, 0.3) is 0 Å². The molecule has 0 aliphatic carbocycles. The zero-order chi connectivity index (χ0) is 19.2. The number of hydrogen-bond acceptors (Lipinski definition) is 4. The minimum Gasteiger partial charge on any atom is -0.396 e. The maximum atomic E-state index is 9.24. The maximum Gasteiger partial charge on any atom is 0.191 e. The van der Waals surface area contributed by atoms with Crippen molar-refractivity contribution in [2.24, 2.45) is 10.9 Å². The van der Waals surface area contributed by atoms with E-state index in [1.54, 1.807) is 11.3 Å². The molecular weight excluding hydrogens is 344 g/mol. The van der Waals surface area contributed by atoms with Crippen molar-refractivity contribution in [3.8, 4) is 0 Å². The number of likely N-dealkylation sites (N-methyl/N-ethyl adjacent to an activating group) is 1. The van der Waals surface area contributed by atoms with Crippen LogP contribution < -0.4 is 10.6 Å². The molecule has 1 aromatic rings. The van der Waals surface area contributed by atoms with Gasteiger partial charge in [-0.15, -0.1) is 0 Å². The number of nitrogens with zero attached hydrogens (tertiary/aromatic N) is 2. The van der Waals surface area contributed by atoms with Crippen LogP contribution in [0.2, 0.25) is 0 Å². The zero-order valence-corrected chi connectivity index (χ0v) is 17.8. The molecule has 0 aromatic carbocycles. The van der Waals surface area contributed by atoms with E-state index in [9.17, 15) is 5.11 Å². The average molecular weight is 383 g/mol. The summed E-state index contributed by atoms with van der Waals surface area (Å²) in [4.78, 5) is 7.26. The second kappa shape index (κ2) is 14.0. The highest BCUT2D eigenvalue weighted by Crippen LogP contribution is 2.22. The van der Waals surface area contributed by atoms with E-state index in [-0.39, 0.29) is 6.61 Å². The molecule has 150 valence electrons. The molecule has 0 amide bonds. The van der Waals surface area contributed by atoms with E-state index in [0.717, 1.165) is 57.9 Å². The van der Waals surface area contributed by atoms with Crippen LogP contribution in [-0.4, -0.2) is 55.3 Å². The van der Waals surface area contributed by atoms with Gasteiger partial charge in [-0.3, -0.25) is 9.89 Å². The van der Waals surface area contributed by atoms with Crippen LogP contribution in [0.25, 0.3) is 0 Å². The molecule has 0 aliphatic rings. The SMILES string of the molecule is CCCC(CCO)CN=C(NCC)NCC(c1ccsc1)N(CC)CC. The average Bonchev–Trinajstić information content (AvgIpc) is 3.17. The van der Waals surface area contributed by atoms with E-state index in [2.05, 4.69) is 60.1 Å². The fraction of sp³-hybridized carbons (Fsp3) is 0.750. The number of rotatable bonds is 13. The van der Waals surface area contributed by atoms with Crippen molar-refractivity contribution in [1.82, 2.24) is 15.5 Å². The van der Waals surface area contributed by atoms with Crippen LogP contribution in [0.4, 0.5) is 0 Å². The van der Waals surface area contributed by atoms with E-state index < -0.39 is 0 Å². The number of aliphatic hydroxyl groups is 1. The first kappa shape index (κ1) is 22.9. The summed E-state index contributed by atoms with van der Waals surface area (Å²) in [5, 5.41) is 20.5. The summed E-state index contributed by atoms with van der Waals surface area (Å²) < 4.78 is 0. The molecule has 1 aromatic heterocycles. The molecule has 2 unspecified atom stereocenters. The Hall–Kier alpha value is -1.11. The second-order valence-electron chi connectivity index (χ2n) is 6.56. The molecule has 2 atom stereocenters. The van der Waals surface area contributed by atoms with E-state index >= 15 is 0 Å². The summed E-state index contributed by atoms with van der Waals surface area (Å²) >= 11 is 1.75.